The molecular formula is C20H24N10O6S3. The van der Waals surface area contributed by atoms with Gasteiger partial charge in [-0.25, -0.2) is 9.48 Å². The van der Waals surface area contributed by atoms with E-state index in [0.717, 1.165) is 37.2 Å². The number of oxime groups is 1. The number of nitrogens with one attached hydrogen (secondary N) is 1. The fourth-order valence-electron chi connectivity index (χ4n) is 4.33. The number of nitrogens with zero attached hydrogens (tertiary/aromatic N) is 8. The van der Waals surface area contributed by atoms with Gasteiger partial charge in [0.2, 0.25) is 16.7 Å². The van der Waals surface area contributed by atoms with Crippen molar-refractivity contribution in [2.75, 3.05) is 23.8 Å². The minimum atomic E-state index is -1.25. The van der Waals surface area contributed by atoms with Gasteiger partial charge in [-0.1, -0.05) is 16.9 Å². The van der Waals surface area contributed by atoms with Gasteiger partial charge in [-0.15, -0.1) is 16.9 Å². The van der Waals surface area contributed by atoms with E-state index in [2.05, 4.69) is 35.4 Å². The molecule has 1 unspecified atom stereocenters. The maximum Gasteiger partial charge on any atom is 0.352 e. The molecule has 0 spiro atoms. The van der Waals surface area contributed by atoms with E-state index in [1.54, 1.807) is 0 Å². The van der Waals surface area contributed by atoms with Gasteiger partial charge in [0.15, 0.2) is 5.13 Å². The molecule has 1 saturated carbocycles. The van der Waals surface area contributed by atoms with Crippen LogP contribution in [0.3, 0.4) is 0 Å². The smallest absolute Gasteiger partial charge is 0.352 e. The molecule has 19 heteroatoms. The Balaban J connectivity index is 1.29. The fourth-order valence-corrected chi connectivity index (χ4v) is 7.15. The van der Waals surface area contributed by atoms with E-state index >= 15 is 0 Å². The number of aliphatic hydroxyl groups is 1. The van der Waals surface area contributed by atoms with E-state index in [9.17, 15) is 19.5 Å². The zero-order valence-corrected chi connectivity index (χ0v) is 22.7. The molecule has 5 rings (SSSR count). The number of rotatable bonds is 11. The molecule has 208 valence electrons. The van der Waals surface area contributed by atoms with Crippen LogP contribution in [0.25, 0.3) is 0 Å². The van der Waals surface area contributed by atoms with E-state index in [4.69, 9.17) is 15.7 Å². The highest BCUT2D eigenvalue weighted by Crippen LogP contribution is 2.41. The van der Waals surface area contributed by atoms with Gasteiger partial charge in [-0.3, -0.25) is 14.5 Å². The van der Waals surface area contributed by atoms with Crippen LogP contribution in [-0.2, 0) is 25.8 Å². The number of carbonyl (C=O) groups excluding carboxylic acids is 2. The first-order chi connectivity index (χ1) is 18.9. The first-order valence-electron chi connectivity index (χ1n) is 11.9. The van der Waals surface area contributed by atoms with E-state index in [1.165, 1.54) is 33.1 Å². The van der Waals surface area contributed by atoms with Crippen molar-refractivity contribution in [3.05, 3.63) is 17.1 Å². The summed E-state index contributed by atoms with van der Waals surface area (Å²) in [5, 5.41) is 36.9. The molecular weight excluding hydrogens is 572 g/mol. The van der Waals surface area contributed by atoms with Crippen molar-refractivity contribution < 1.29 is 29.4 Å². The predicted octanol–water partition coefficient (Wildman–Crippen LogP) is -0.707. The number of hydrogen-bond donors (Lipinski definition) is 4. The van der Waals surface area contributed by atoms with Crippen LogP contribution >= 0.6 is 35.1 Å². The zero-order chi connectivity index (χ0) is 27.5. The number of tetrazole rings is 1. The Morgan fingerprint density at radius 3 is 2.79 bits per heavy atom. The number of aliphatic hydroxyl groups excluding tert-OH is 1. The van der Waals surface area contributed by atoms with Crippen molar-refractivity contribution in [1.82, 2.24) is 39.8 Å². The topological polar surface area (TPSA) is 224 Å². The van der Waals surface area contributed by atoms with Crippen LogP contribution in [0.4, 0.5) is 5.13 Å². The van der Waals surface area contributed by atoms with Crippen LogP contribution in [-0.4, -0.2) is 104 Å². The average Bonchev–Trinajstić information content (AvgIpc) is 3.69. The van der Waals surface area contributed by atoms with Crippen LogP contribution in [0.2, 0.25) is 0 Å². The number of aromatic nitrogens is 6. The fraction of sp³-hybridized carbons (Fsp3) is 0.550. The van der Waals surface area contributed by atoms with Crippen LogP contribution in [0, 0.1) is 0 Å². The van der Waals surface area contributed by atoms with Crippen LogP contribution in [0.1, 0.15) is 31.5 Å². The van der Waals surface area contributed by atoms with Crippen LogP contribution in [0.5, 0.6) is 0 Å². The number of amides is 2. The molecule has 2 aromatic heterocycles. The molecule has 3 aliphatic rings. The van der Waals surface area contributed by atoms with E-state index < -0.39 is 29.2 Å². The predicted molar refractivity (Wildman–Crippen MR) is 140 cm³/mol. The highest BCUT2D eigenvalue weighted by molar-refractivity contribution is 8.01. The van der Waals surface area contributed by atoms with E-state index in [1.807, 2.05) is 0 Å². The molecule has 16 nitrogen and oxygen atoms in total. The summed E-state index contributed by atoms with van der Waals surface area (Å²) in [7, 11) is 0. The van der Waals surface area contributed by atoms with Gasteiger partial charge in [0.25, 0.3) is 11.8 Å². The van der Waals surface area contributed by atoms with Gasteiger partial charge in [0, 0.05) is 23.0 Å². The summed E-state index contributed by atoms with van der Waals surface area (Å²) in [5.74, 6) is -2.01. The Morgan fingerprint density at radius 1 is 1.31 bits per heavy atom. The maximum absolute atomic E-state index is 13.2. The lowest BCUT2D eigenvalue weighted by molar-refractivity contribution is -0.150. The van der Waals surface area contributed by atoms with Gasteiger partial charge in [0.1, 0.15) is 23.2 Å². The van der Waals surface area contributed by atoms with Gasteiger partial charge in [0.05, 0.1) is 13.2 Å². The monoisotopic (exact) mass is 596 g/mol. The summed E-state index contributed by atoms with van der Waals surface area (Å²) < 4.78 is 5.46. The van der Waals surface area contributed by atoms with Gasteiger partial charge in [-0.05, 0) is 41.7 Å². The second-order valence-electron chi connectivity index (χ2n) is 8.72. The van der Waals surface area contributed by atoms with E-state index in [0.29, 0.717) is 16.5 Å². The highest BCUT2D eigenvalue weighted by atomic mass is 32.2. The Kier molecular flexibility index (Phi) is 8.29. The van der Waals surface area contributed by atoms with Crippen molar-refractivity contribution in [2.24, 2.45) is 5.16 Å². The third-order valence-electron chi connectivity index (χ3n) is 6.19. The summed E-state index contributed by atoms with van der Waals surface area (Å²) in [5.41, 5.74) is 5.87. The molecule has 39 heavy (non-hydrogen) atoms. The second kappa shape index (κ2) is 11.8. The Morgan fingerprint density at radius 2 is 2.10 bits per heavy atom. The minimum absolute atomic E-state index is 0.0121. The molecule has 0 bridgehead atoms. The number of thioether (sulfide) groups is 2. The molecule has 2 aliphatic heterocycles. The summed E-state index contributed by atoms with van der Waals surface area (Å²) in [4.78, 5) is 49.2. The van der Waals surface area contributed by atoms with Crippen LogP contribution in [0.15, 0.2) is 21.6 Å². The average molecular weight is 597 g/mol. The third kappa shape index (κ3) is 5.70. The normalized spacial score (nSPS) is 21.6. The van der Waals surface area contributed by atoms with E-state index in [-0.39, 0.29) is 47.4 Å². The summed E-state index contributed by atoms with van der Waals surface area (Å²) in [6.07, 6.45) is 3.54. The minimum Gasteiger partial charge on any atom is -0.477 e. The Hall–Kier alpha value is -3.29. The quantitative estimate of drug-likeness (QED) is 0.109. The van der Waals surface area contributed by atoms with Crippen LogP contribution < -0.4 is 11.1 Å². The second-order valence-corrected chi connectivity index (χ2v) is 11.6. The van der Waals surface area contributed by atoms with Crippen molar-refractivity contribution in [3.63, 3.8) is 0 Å². The number of nitrogens with two attached hydrogens (primary N) is 1. The number of carboxylic acids is 1. The molecule has 2 fully saturated rings. The lowest BCUT2D eigenvalue weighted by Gasteiger charge is -2.49. The van der Waals surface area contributed by atoms with Gasteiger partial charge >= 0.3 is 5.97 Å². The number of anilines is 1. The molecule has 2 amide bonds. The Bertz CT molecular complexity index is 1320. The van der Waals surface area contributed by atoms with Gasteiger partial charge < -0.3 is 26.1 Å². The number of carboxylic acid groups (broad SMARTS) is 1. The first-order valence-corrected chi connectivity index (χ1v) is 14.7. The molecule has 1 saturated heterocycles. The first kappa shape index (κ1) is 27.3. The van der Waals surface area contributed by atoms with Gasteiger partial charge in [-0.2, -0.15) is 9.36 Å². The Labute approximate surface area is 233 Å². The lowest BCUT2D eigenvalue weighted by Crippen LogP contribution is -2.71. The molecule has 4 heterocycles. The van der Waals surface area contributed by atoms with Crippen molar-refractivity contribution in [3.8, 4) is 0 Å². The SMILES string of the molecule is Nc1nc(C(=NOC2CCCC2)C(=O)NC2C(=O)N3C(C(=O)O)=C(CSc4nnnn4CCO)CS[C@H]23)ns1. The number of carbonyl (C=O) groups is 3. The molecule has 1 aliphatic carbocycles. The molecule has 2 atom stereocenters. The highest BCUT2D eigenvalue weighted by Gasteiger charge is 2.54. The standard InChI is InChI=1S/C20H24N10O6S3/c21-19-23-14(26-39-19)11(25-36-10-3-1-2-4-10)15(32)22-12-16(33)30-13(18(34)35)9(7-37-17(12)30)8-38-20-24-27-28-29(20)5-6-31/h10,12,17,31H,1-8H2,(H,22,32)(H,34,35)(H2,21,23,26)/t12?,17-/m1/s1. The summed E-state index contributed by atoms with van der Waals surface area (Å²) in [6.45, 7) is 0.0443. The molecule has 0 aromatic carbocycles. The number of hydrogen-bond acceptors (Lipinski definition) is 15. The number of β-lactam (4-membered cyclic amide) rings is 1. The molecule has 5 N–H and O–H groups in total. The summed E-state index contributed by atoms with van der Waals surface area (Å²) >= 11 is 3.43. The molecule has 2 aromatic rings. The molecule has 0 radical (unpaired) electrons. The lowest BCUT2D eigenvalue weighted by atomic mass is 10.0. The summed E-state index contributed by atoms with van der Waals surface area (Å²) in [6, 6.07) is -0.976. The number of nitrogen functional groups attached to an aromatic ring is 1. The maximum atomic E-state index is 13.2. The van der Waals surface area contributed by atoms with Crippen molar-refractivity contribution in [2.45, 2.75) is 54.9 Å². The third-order valence-corrected chi connectivity index (χ3v) is 9.11. The largest absolute Gasteiger partial charge is 0.477 e. The zero-order valence-electron chi connectivity index (χ0n) is 20.3. The van der Waals surface area contributed by atoms with Crippen molar-refractivity contribution >= 4 is 63.7 Å². The number of aliphatic carboxylic acids is 1. The van der Waals surface area contributed by atoms with Crippen molar-refractivity contribution in [1.29, 1.82) is 0 Å². The number of fused-ring (bicyclic) bond motifs is 1.